The molecule has 1 heterocycles. The molecule has 0 saturated heterocycles. The first kappa shape index (κ1) is 14.7. The fourth-order valence-electron chi connectivity index (χ4n) is 1.68. The number of aryl methyl sites for hydroxylation is 1. The number of hydrogen-bond donors (Lipinski definition) is 2. The maximum absolute atomic E-state index is 12.1. The van der Waals surface area contributed by atoms with Crippen molar-refractivity contribution in [2.75, 3.05) is 11.9 Å². The molecule has 0 unspecified atom stereocenters. The molecule has 1 aromatic rings. The first-order chi connectivity index (χ1) is 8.14. The van der Waals surface area contributed by atoms with Crippen LogP contribution < -0.4 is 10.4 Å². The molecular formula is C12H19BN2O3. The predicted octanol–water partition coefficient (Wildman–Crippen LogP) is 0.0787. The van der Waals surface area contributed by atoms with Crippen LogP contribution in [-0.4, -0.2) is 35.1 Å². The summed E-state index contributed by atoms with van der Waals surface area (Å²) in [7, 11) is 0.117. The van der Waals surface area contributed by atoms with Gasteiger partial charge >= 0.3 is 7.12 Å². The third-order valence-corrected chi connectivity index (χ3v) is 2.63. The standard InChI is InChI=1S/C12H19BN2O3/c1-8-6-9(13(17)18)7-14-10(8)15(5)11(16)12(2,3)4/h6-7,17-18H,1-5H3. The van der Waals surface area contributed by atoms with Gasteiger partial charge in [0, 0.05) is 24.1 Å². The first-order valence-corrected chi connectivity index (χ1v) is 5.75. The zero-order valence-electron chi connectivity index (χ0n) is 11.4. The van der Waals surface area contributed by atoms with E-state index >= 15 is 0 Å². The lowest BCUT2D eigenvalue weighted by atomic mass is 9.81. The Bertz CT molecular complexity index is 455. The summed E-state index contributed by atoms with van der Waals surface area (Å²) in [5, 5.41) is 18.1. The van der Waals surface area contributed by atoms with Gasteiger partial charge in [0.05, 0.1) is 0 Å². The van der Waals surface area contributed by atoms with Crippen LogP contribution in [0.2, 0.25) is 0 Å². The molecule has 0 radical (unpaired) electrons. The quantitative estimate of drug-likeness (QED) is 0.729. The summed E-state index contributed by atoms with van der Waals surface area (Å²) in [6, 6.07) is 1.61. The van der Waals surface area contributed by atoms with Gasteiger partial charge in [-0.1, -0.05) is 26.8 Å². The second kappa shape index (κ2) is 5.08. The maximum Gasteiger partial charge on any atom is 0.490 e. The summed E-state index contributed by atoms with van der Waals surface area (Å²) < 4.78 is 0. The molecule has 1 rings (SSSR count). The van der Waals surface area contributed by atoms with Crippen molar-refractivity contribution in [2.24, 2.45) is 5.41 Å². The molecule has 0 aliphatic carbocycles. The molecule has 18 heavy (non-hydrogen) atoms. The Balaban J connectivity index is 3.08. The van der Waals surface area contributed by atoms with Crippen LogP contribution in [0, 0.1) is 12.3 Å². The van der Waals surface area contributed by atoms with Gasteiger partial charge in [-0.05, 0) is 12.5 Å². The van der Waals surface area contributed by atoms with Gasteiger partial charge in [0.15, 0.2) is 0 Å². The lowest BCUT2D eigenvalue weighted by molar-refractivity contribution is -0.125. The van der Waals surface area contributed by atoms with E-state index in [1.54, 1.807) is 20.0 Å². The van der Waals surface area contributed by atoms with Crippen LogP contribution in [0.3, 0.4) is 0 Å². The van der Waals surface area contributed by atoms with E-state index < -0.39 is 12.5 Å². The summed E-state index contributed by atoms with van der Waals surface area (Å²) >= 11 is 0. The van der Waals surface area contributed by atoms with Crippen molar-refractivity contribution in [3.05, 3.63) is 17.8 Å². The number of carbonyl (C=O) groups excluding carboxylic acids is 1. The lowest BCUT2D eigenvalue weighted by Gasteiger charge is -2.26. The normalized spacial score (nSPS) is 11.3. The number of rotatable bonds is 2. The number of hydrogen-bond acceptors (Lipinski definition) is 4. The van der Waals surface area contributed by atoms with E-state index in [4.69, 9.17) is 10.0 Å². The summed E-state index contributed by atoms with van der Waals surface area (Å²) in [4.78, 5) is 17.7. The zero-order chi connectivity index (χ0) is 14.1. The van der Waals surface area contributed by atoms with Gasteiger partial charge in [0.2, 0.25) is 5.91 Å². The highest BCUT2D eigenvalue weighted by Gasteiger charge is 2.27. The number of anilines is 1. The molecule has 1 aromatic heterocycles. The van der Waals surface area contributed by atoms with E-state index in [1.807, 2.05) is 20.8 Å². The largest absolute Gasteiger partial charge is 0.490 e. The third kappa shape index (κ3) is 3.08. The number of nitrogens with zero attached hydrogens (tertiary/aromatic N) is 2. The van der Waals surface area contributed by atoms with E-state index in [0.717, 1.165) is 5.56 Å². The first-order valence-electron chi connectivity index (χ1n) is 5.75. The van der Waals surface area contributed by atoms with Crippen molar-refractivity contribution in [1.29, 1.82) is 0 Å². The molecular weight excluding hydrogens is 231 g/mol. The van der Waals surface area contributed by atoms with E-state index in [0.29, 0.717) is 11.3 Å². The van der Waals surface area contributed by atoms with Gasteiger partial charge in [-0.25, -0.2) is 4.98 Å². The highest BCUT2D eigenvalue weighted by molar-refractivity contribution is 6.58. The summed E-state index contributed by atoms with van der Waals surface area (Å²) in [5.41, 5.74) is 0.548. The molecule has 2 N–H and O–H groups in total. The molecule has 98 valence electrons. The maximum atomic E-state index is 12.1. The molecule has 0 aliphatic heterocycles. The average Bonchev–Trinajstić information content (AvgIpc) is 2.25. The second-order valence-corrected chi connectivity index (χ2v) is 5.40. The van der Waals surface area contributed by atoms with E-state index in [9.17, 15) is 4.79 Å². The van der Waals surface area contributed by atoms with E-state index in [2.05, 4.69) is 4.98 Å². The van der Waals surface area contributed by atoms with Gasteiger partial charge < -0.3 is 10.0 Å². The zero-order valence-corrected chi connectivity index (χ0v) is 11.4. The minimum Gasteiger partial charge on any atom is -0.423 e. The van der Waals surface area contributed by atoms with Gasteiger partial charge in [0.25, 0.3) is 0 Å². The molecule has 0 atom stereocenters. The summed E-state index contributed by atoms with van der Waals surface area (Å²) in [6.45, 7) is 7.30. The van der Waals surface area contributed by atoms with E-state index in [-0.39, 0.29) is 5.91 Å². The van der Waals surface area contributed by atoms with Crippen molar-refractivity contribution in [1.82, 2.24) is 4.98 Å². The minimum absolute atomic E-state index is 0.0459. The van der Waals surface area contributed by atoms with Crippen LogP contribution in [0.1, 0.15) is 26.3 Å². The summed E-state index contributed by atoms with van der Waals surface area (Å²) in [5.74, 6) is 0.481. The molecule has 0 fully saturated rings. The fourth-order valence-corrected chi connectivity index (χ4v) is 1.68. The van der Waals surface area contributed by atoms with Crippen molar-refractivity contribution < 1.29 is 14.8 Å². The Labute approximate surface area is 108 Å². The molecule has 0 saturated carbocycles. The third-order valence-electron chi connectivity index (χ3n) is 2.63. The average molecular weight is 250 g/mol. The van der Waals surface area contributed by atoms with Crippen LogP contribution in [0.5, 0.6) is 0 Å². The SMILES string of the molecule is Cc1cc(B(O)O)cnc1N(C)C(=O)C(C)(C)C. The molecule has 0 aliphatic rings. The number of amides is 1. The number of pyridine rings is 1. The van der Waals surface area contributed by atoms with Crippen molar-refractivity contribution >= 4 is 24.3 Å². The van der Waals surface area contributed by atoms with Crippen molar-refractivity contribution in [3.63, 3.8) is 0 Å². The Morgan fingerprint density at radius 3 is 2.33 bits per heavy atom. The number of carbonyl (C=O) groups is 1. The Hall–Kier alpha value is -1.40. The molecule has 0 spiro atoms. The molecule has 6 heteroatoms. The van der Waals surface area contributed by atoms with Crippen LogP contribution in [-0.2, 0) is 4.79 Å². The highest BCUT2D eigenvalue weighted by Crippen LogP contribution is 2.22. The van der Waals surface area contributed by atoms with Crippen LogP contribution in [0.4, 0.5) is 5.82 Å². The Morgan fingerprint density at radius 1 is 1.39 bits per heavy atom. The van der Waals surface area contributed by atoms with Crippen molar-refractivity contribution in [3.8, 4) is 0 Å². The fraction of sp³-hybridized carbons (Fsp3) is 0.500. The lowest BCUT2D eigenvalue weighted by Crippen LogP contribution is -2.38. The minimum atomic E-state index is -1.55. The Kier molecular flexibility index (Phi) is 4.14. The van der Waals surface area contributed by atoms with Crippen LogP contribution >= 0.6 is 0 Å². The molecule has 5 nitrogen and oxygen atoms in total. The van der Waals surface area contributed by atoms with Gasteiger partial charge in [-0.2, -0.15) is 0 Å². The second-order valence-electron chi connectivity index (χ2n) is 5.40. The van der Waals surface area contributed by atoms with Gasteiger partial charge in [-0.3, -0.25) is 9.69 Å². The highest BCUT2D eigenvalue weighted by atomic mass is 16.4. The number of aromatic nitrogens is 1. The molecule has 1 amide bonds. The molecule has 0 aromatic carbocycles. The smallest absolute Gasteiger partial charge is 0.423 e. The van der Waals surface area contributed by atoms with E-state index in [1.165, 1.54) is 11.1 Å². The van der Waals surface area contributed by atoms with Gasteiger partial charge in [0.1, 0.15) is 5.82 Å². The predicted molar refractivity (Wildman–Crippen MR) is 71.7 cm³/mol. The molecule has 0 bridgehead atoms. The van der Waals surface area contributed by atoms with Crippen LogP contribution in [0.25, 0.3) is 0 Å². The monoisotopic (exact) mass is 250 g/mol. The topological polar surface area (TPSA) is 73.7 Å². The Morgan fingerprint density at radius 2 is 1.94 bits per heavy atom. The van der Waals surface area contributed by atoms with Crippen molar-refractivity contribution in [2.45, 2.75) is 27.7 Å². The van der Waals surface area contributed by atoms with Crippen LogP contribution in [0.15, 0.2) is 12.3 Å². The van der Waals surface area contributed by atoms with Gasteiger partial charge in [-0.15, -0.1) is 0 Å². The summed E-state index contributed by atoms with van der Waals surface area (Å²) in [6.07, 6.45) is 1.36.